The van der Waals surface area contributed by atoms with E-state index < -0.39 is 0 Å². The molecule has 0 aliphatic carbocycles. The summed E-state index contributed by atoms with van der Waals surface area (Å²) in [5, 5.41) is 0.815. The van der Waals surface area contributed by atoms with Crippen LogP contribution in [0, 0.1) is 0 Å². The van der Waals surface area contributed by atoms with E-state index in [1.165, 1.54) is 23.5 Å². The van der Waals surface area contributed by atoms with Gasteiger partial charge in [0.15, 0.2) is 0 Å². The summed E-state index contributed by atoms with van der Waals surface area (Å²) in [7, 11) is 0. The van der Waals surface area contributed by atoms with E-state index >= 15 is 0 Å². The molecule has 0 N–H and O–H groups in total. The van der Waals surface area contributed by atoms with Crippen molar-refractivity contribution in [1.29, 1.82) is 0 Å². The molecular formula is C12H19ClS. The lowest BCUT2D eigenvalue weighted by atomic mass is 10.4. The second-order valence-corrected chi connectivity index (χ2v) is 4.26. The first-order valence-corrected chi connectivity index (χ1v) is 6.57. The van der Waals surface area contributed by atoms with Crippen LogP contribution in [0.4, 0.5) is 0 Å². The van der Waals surface area contributed by atoms with Gasteiger partial charge in [-0.15, -0.1) is 11.8 Å². The fourth-order valence-corrected chi connectivity index (χ4v) is 1.99. The third kappa shape index (κ3) is 6.33. The predicted octanol–water partition coefficient (Wildman–Crippen LogP) is 5.26. The van der Waals surface area contributed by atoms with E-state index in [1.807, 2.05) is 37.7 Å². The molecule has 0 unspecified atom stereocenters. The molecule has 0 spiro atoms. The zero-order valence-electron chi connectivity index (χ0n) is 9.22. The lowest BCUT2D eigenvalue weighted by Gasteiger charge is -1.99. The Hall–Kier alpha value is -0.140. The molecule has 14 heavy (non-hydrogen) atoms. The van der Waals surface area contributed by atoms with Crippen molar-refractivity contribution in [2.45, 2.75) is 38.5 Å². The minimum absolute atomic E-state index is 0.815. The van der Waals surface area contributed by atoms with Crippen LogP contribution in [0.3, 0.4) is 0 Å². The molecule has 0 bridgehead atoms. The maximum absolute atomic E-state index is 5.76. The van der Waals surface area contributed by atoms with Crippen molar-refractivity contribution in [3.8, 4) is 0 Å². The number of benzene rings is 1. The molecule has 0 radical (unpaired) electrons. The molecule has 0 aromatic heterocycles. The third-order valence-electron chi connectivity index (χ3n) is 1.58. The van der Waals surface area contributed by atoms with Crippen LogP contribution in [0.1, 0.15) is 33.6 Å². The SMILES string of the molecule is CC.CCCCSc1ccc(Cl)cc1. The molecule has 0 aliphatic heterocycles. The van der Waals surface area contributed by atoms with Crippen LogP contribution in [0.25, 0.3) is 0 Å². The molecule has 0 fully saturated rings. The Morgan fingerprint density at radius 3 is 2.21 bits per heavy atom. The largest absolute Gasteiger partial charge is 0.126 e. The lowest BCUT2D eigenvalue weighted by Crippen LogP contribution is -1.77. The Bertz CT molecular complexity index is 218. The van der Waals surface area contributed by atoms with Gasteiger partial charge in [0.2, 0.25) is 0 Å². The standard InChI is InChI=1S/C10H13ClS.C2H6/c1-2-3-8-12-10-6-4-9(11)5-7-10;1-2/h4-7H,2-3,8H2,1H3;1-2H3. The molecule has 0 saturated heterocycles. The Morgan fingerprint density at radius 1 is 1.14 bits per heavy atom. The molecule has 80 valence electrons. The highest BCUT2D eigenvalue weighted by molar-refractivity contribution is 7.99. The molecule has 0 heterocycles. The molecule has 0 aliphatic rings. The molecule has 0 saturated carbocycles. The Morgan fingerprint density at radius 2 is 1.71 bits per heavy atom. The number of rotatable bonds is 4. The molecule has 1 aromatic carbocycles. The predicted molar refractivity (Wildman–Crippen MR) is 68.4 cm³/mol. The van der Waals surface area contributed by atoms with Crippen molar-refractivity contribution in [2.24, 2.45) is 0 Å². The van der Waals surface area contributed by atoms with Gasteiger partial charge >= 0.3 is 0 Å². The molecule has 2 heteroatoms. The quantitative estimate of drug-likeness (QED) is 0.502. The van der Waals surface area contributed by atoms with Crippen LogP contribution >= 0.6 is 23.4 Å². The van der Waals surface area contributed by atoms with Crippen molar-refractivity contribution in [2.75, 3.05) is 5.75 Å². The fourth-order valence-electron chi connectivity index (χ4n) is 0.865. The highest BCUT2D eigenvalue weighted by Crippen LogP contribution is 2.21. The van der Waals surface area contributed by atoms with E-state index in [9.17, 15) is 0 Å². The van der Waals surface area contributed by atoms with Gasteiger partial charge in [0.1, 0.15) is 0 Å². The van der Waals surface area contributed by atoms with Crippen molar-refractivity contribution in [3.63, 3.8) is 0 Å². The van der Waals surface area contributed by atoms with Crippen molar-refractivity contribution in [3.05, 3.63) is 29.3 Å². The monoisotopic (exact) mass is 230 g/mol. The Kier molecular flexibility index (Phi) is 9.32. The first-order valence-electron chi connectivity index (χ1n) is 5.21. The van der Waals surface area contributed by atoms with Gasteiger partial charge in [0, 0.05) is 9.92 Å². The maximum atomic E-state index is 5.76. The number of hydrogen-bond acceptors (Lipinski definition) is 1. The molecule has 0 amide bonds. The van der Waals surface area contributed by atoms with Gasteiger partial charge in [-0.25, -0.2) is 0 Å². The minimum Gasteiger partial charge on any atom is -0.126 e. The normalized spacial score (nSPS) is 9.14. The van der Waals surface area contributed by atoms with Crippen LogP contribution in [-0.4, -0.2) is 5.75 Å². The first kappa shape index (κ1) is 13.9. The van der Waals surface area contributed by atoms with Crippen LogP contribution in [-0.2, 0) is 0 Å². The summed E-state index contributed by atoms with van der Waals surface area (Å²) in [4.78, 5) is 1.31. The van der Waals surface area contributed by atoms with Crippen molar-refractivity contribution in [1.82, 2.24) is 0 Å². The van der Waals surface area contributed by atoms with Gasteiger partial charge in [0.05, 0.1) is 0 Å². The summed E-state index contributed by atoms with van der Waals surface area (Å²) in [6, 6.07) is 8.02. The second kappa shape index (κ2) is 9.42. The molecule has 0 atom stereocenters. The topological polar surface area (TPSA) is 0 Å². The van der Waals surface area contributed by atoms with Crippen LogP contribution in [0.2, 0.25) is 5.02 Å². The van der Waals surface area contributed by atoms with Gasteiger partial charge in [-0.1, -0.05) is 38.8 Å². The van der Waals surface area contributed by atoms with E-state index in [-0.39, 0.29) is 0 Å². The Balaban J connectivity index is 0.000000791. The summed E-state index contributed by atoms with van der Waals surface area (Å²) in [5.41, 5.74) is 0. The van der Waals surface area contributed by atoms with Crippen LogP contribution in [0.5, 0.6) is 0 Å². The average Bonchev–Trinajstić information content (AvgIpc) is 2.24. The number of unbranched alkanes of at least 4 members (excludes halogenated alkanes) is 1. The first-order chi connectivity index (χ1) is 6.83. The van der Waals surface area contributed by atoms with Crippen molar-refractivity contribution >= 4 is 23.4 Å². The minimum atomic E-state index is 0.815. The number of hydrogen-bond donors (Lipinski definition) is 0. The summed E-state index contributed by atoms with van der Waals surface area (Å²) >= 11 is 7.66. The van der Waals surface area contributed by atoms with Crippen LogP contribution < -0.4 is 0 Å². The fraction of sp³-hybridized carbons (Fsp3) is 0.500. The van der Waals surface area contributed by atoms with Gasteiger partial charge in [-0.3, -0.25) is 0 Å². The van der Waals surface area contributed by atoms with Gasteiger partial charge in [-0.05, 0) is 36.4 Å². The van der Waals surface area contributed by atoms with E-state index in [0.29, 0.717) is 0 Å². The number of thioether (sulfide) groups is 1. The smallest absolute Gasteiger partial charge is 0.0406 e. The zero-order chi connectivity index (χ0) is 10.8. The lowest BCUT2D eigenvalue weighted by molar-refractivity contribution is 0.896. The van der Waals surface area contributed by atoms with Crippen molar-refractivity contribution < 1.29 is 0 Å². The molecule has 1 aromatic rings. The summed E-state index contributed by atoms with van der Waals surface area (Å²) in [6.45, 7) is 6.21. The maximum Gasteiger partial charge on any atom is 0.0406 e. The van der Waals surface area contributed by atoms with Crippen LogP contribution in [0.15, 0.2) is 29.2 Å². The summed E-state index contributed by atoms with van der Waals surface area (Å²) in [6.07, 6.45) is 2.55. The second-order valence-electron chi connectivity index (χ2n) is 2.66. The summed E-state index contributed by atoms with van der Waals surface area (Å²) in [5.74, 6) is 1.21. The van der Waals surface area contributed by atoms with Gasteiger partial charge in [-0.2, -0.15) is 0 Å². The molecular weight excluding hydrogens is 212 g/mol. The van der Waals surface area contributed by atoms with Gasteiger partial charge in [0.25, 0.3) is 0 Å². The number of halogens is 1. The molecule has 0 nitrogen and oxygen atoms in total. The van der Waals surface area contributed by atoms with E-state index in [0.717, 1.165) is 5.02 Å². The van der Waals surface area contributed by atoms with Gasteiger partial charge < -0.3 is 0 Å². The Labute approximate surface area is 97.1 Å². The third-order valence-corrected chi connectivity index (χ3v) is 2.93. The highest BCUT2D eigenvalue weighted by Gasteiger charge is 1.92. The van der Waals surface area contributed by atoms with E-state index in [2.05, 4.69) is 19.1 Å². The average molecular weight is 231 g/mol. The van der Waals surface area contributed by atoms with E-state index in [4.69, 9.17) is 11.6 Å². The zero-order valence-corrected chi connectivity index (χ0v) is 10.8. The molecule has 1 rings (SSSR count). The highest BCUT2D eigenvalue weighted by atomic mass is 35.5. The van der Waals surface area contributed by atoms with E-state index in [1.54, 1.807) is 0 Å². The summed E-state index contributed by atoms with van der Waals surface area (Å²) < 4.78 is 0.